The molecule has 0 radical (unpaired) electrons. The molecule has 20 heavy (non-hydrogen) atoms. The molecule has 0 heterocycles. The van der Waals surface area contributed by atoms with Crippen molar-refractivity contribution in [2.75, 3.05) is 0 Å². The number of amides is 1. The molecule has 0 aliphatic rings. The zero-order valence-corrected chi connectivity index (χ0v) is 12.7. The molecule has 0 saturated carbocycles. The summed E-state index contributed by atoms with van der Waals surface area (Å²) < 4.78 is 19.1. The number of hydrogen-bond acceptors (Lipinski definition) is 3. The van der Waals surface area contributed by atoms with Crippen LogP contribution in [0.5, 0.6) is 5.75 Å². The van der Waals surface area contributed by atoms with Crippen molar-refractivity contribution in [2.24, 2.45) is 0 Å². The maximum atomic E-state index is 14.0. The molecule has 0 fully saturated rings. The first kappa shape index (κ1) is 16.6. The third kappa shape index (κ3) is 4.27. The molecule has 0 saturated heterocycles. The van der Waals surface area contributed by atoms with Crippen LogP contribution in [-0.4, -0.2) is 16.8 Å². The van der Waals surface area contributed by atoms with Crippen LogP contribution in [0, 0.1) is 5.82 Å². The van der Waals surface area contributed by atoms with Crippen molar-refractivity contribution in [1.29, 1.82) is 0 Å². The van der Waals surface area contributed by atoms with E-state index in [0.29, 0.717) is 6.42 Å². The number of carbonyl (C=O) groups is 1. The summed E-state index contributed by atoms with van der Waals surface area (Å²) in [6, 6.07) is 2.21. The topological polar surface area (TPSA) is 58.6 Å². The van der Waals surface area contributed by atoms with E-state index in [9.17, 15) is 14.3 Å². The fourth-order valence-corrected chi connectivity index (χ4v) is 1.82. The molecule has 1 rings (SSSR count). The average molecular weight is 304 g/mol. The Kier molecular flexibility index (Phi) is 5.22. The van der Waals surface area contributed by atoms with Gasteiger partial charge in [-0.25, -0.2) is 9.18 Å². The summed E-state index contributed by atoms with van der Waals surface area (Å²) in [7, 11) is 0. The van der Waals surface area contributed by atoms with Crippen LogP contribution in [-0.2, 0) is 4.74 Å². The van der Waals surface area contributed by atoms with Gasteiger partial charge in [0.1, 0.15) is 5.60 Å². The molecular formula is C14H19ClFNO3. The van der Waals surface area contributed by atoms with E-state index in [0.717, 1.165) is 0 Å². The van der Waals surface area contributed by atoms with Crippen LogP contribution in [0.1, 0.15) is 45.7 Å². The second-order valence-corrected chi connectivity index (χ2v) is 5.81. The zero-order chi connectivity index (χ0) is 15.5. The minimum Gasteiger partial charge on any atom is -0.504 e. The molecule has 6 heteroatoms. The highest BCUT2D eigenvalue weighted by Gasteiger charge is 2.23. The van der Waals surface area contributed by atoms with Gasteiger partial charge in [0.25, 0.3) is 0 Å². The van der Waals surface area contributed by atoms with E-state index in [1.165, 1.54) is 12.1 Å². The van der Waals surface area contributed by atoms with E-state index in [1.807, 2.05) is 0 Å². The molecule has 0 aromatic heterocycles. The number of phenolic OH excluding ortho intramolecular Hbond substituents is 1. The van der Waals surface area contributed by atoms with Gasteiger partial charge in [-0.2, -0.15) is 0 Å². The number of aromatic hydroxyl groups is 1. The van der Waals surface area contributed by atoms with Crippen molar-refractivity contribution in [2.45, 2.75) is 45.8 Å². The van der Waals surface area contributed by atoms with E-state index in [2.05, 4.69) is 5.32 Å². The number of ether oxygens (including phenoxy) is 1. The fraction of sp³-hybridized carbons (Fsp3) is 0.500. The molecule has 0 unspecified atom stereocenters. The maximum absolute atomic E-state index is 14.0. The summed E-state index contributed by atoms with van der Waals surface area (Å²) in [6.07, 6.45) is -0.199. The summed E-state index contributed by atoms with van der Waals surface area (Å²) in [4.78, 5) is 11.7. The van der Waals surface area contributed by atoms with E-state index >= 15 is 0 Å². The van der Waals surface area contributed by atoms with Crippen molar-refractivity contribution in [3.63, 3.8) is 0 Å². The first-order valence-electron chi connectivity index (χ1n) is 6.32. The molecule has 112 valence electrons. The van der Waals surface area contributed by atoms with E-state index < -0.39 is 29.3 Å². The highest BCUT2D eigenvalue weighted by atomic mass is 35.5. The minimum atomic E-state index is -0.833. The number of phenols is 1. The Morgan fingerprint density at radius 2 is 2.10 bits per heavy atom. The lowest BCUT2D eigenvalue weighted by Crippen LogP contribution is -2.35. The van der Waals surface area contributed by atoms with Gasteiger partial charge in [-0.15, -0.1) is 0 Å². The van der Waals surface area contributed by atoms with E-state index in [4.69, 9.17) is 16.3 Å². The predicted octanol–water partition coefficient (Wildman–Crippen LogP) is 4.16. The van der Waals surface area contributed by atoms with Gasteiger partial charge in [0.2, 0.25) is 0 Å². The Labute approximate surface area is 122 Å². The quantitative estimate of drug-likeness (QED) is 0.881. The van der Waals surface area contributed by atoms with Crippen molar-refractivity contribution < 1.29 is 19.0 Å². The van der Waals surface area contributed by atoms with Gasteiger partial charge in [-0.05, 0) is 33.3 Å². The third-order valence-corrected chi connectivity index (χ3v) is 2.88. The van der Waals surface area contributed by atoms with Gasteiger partial charge in [0, 0.05) is 5.56 Å². The number of rotatable bonds is 3. The van der Waals surface area contributed by atoms with Crippen LogP contribution in [0.3, 0.4) is 0 Å². The van der Waals surface area contributed by atoms with Crippen LogP contribution >= 0.6 is 11.6 Å². The summed E-state index contributed by atoms with van der Waals surface area (Å²) in [5, 5.41) is 12.0. The maximum Gasteiger partial charge on any atom is 0.408 e. The van der Waals surface area contributed by atoms with Gasteiger partial charge in [0.05, 0.1) is 11.1 Å². The van der Waals surface area contributed by atoms with Crippen LogP contribution in [0.4, 0.5) is 9.18 Å². The predicted molar refractivity (Wildman–Crippen MR) is 75.5 cm³/mol. The lowest BCUT2D eigenvalue weighted by Gasteiger charge is -2.23. The molecule has 1 amide bonds. The molecule has 2 N–H and O–H groups in total. The molecule has 0 spiro atoms. The molecule has 4 nitrogen and oxygen atoms in total. The van der Waals surface area contributed by atoms with E-state index in [-0.39, 0.29) is 10.6 Å². The second kappa shape index (κ2) is 6.31. The molecular weight excluding hydrogens is 285 g/mol. The highest BCUT2D eigenvalue weighted by molar-refractivity contribution is 6.32. The van der Waals surface area contributed by atoms with Crippen LogP contribution < -0.4 is 5.32 Å². The molecule has 1 aromatic carbocycles. The fourth-order valence-electron chi connectivity index (χ4n) is 1.68. The third-order valence-electron chi connectivity index (χ3n) is 2.57. The number of alkyl carbamates (subject to hydrolysis) is 1. The van der Waals surface area contributed by atoms with Crippen molar-refractivity contribution >= 4 is 17.7 Å². The average Bonchev–Trinajstić information content (AvgIpc) is 2.32. The number of carbonyl (C=O) groups excluding carboxylic acids is 1. The van der Waals surface area contributed by atoms with Gasteiger partial charge < -0.3 is 15.2 Å². The lowest BCUT2D eigenvalue weighted by molar-refractivity contribution is 0.0501. The molecule has 1 aromatic rings. The first-order chi connectivity index (χ1) is 9.15. The highest BCUT2D eigenvalue weighted by Crippen LogP contribution is 2.32. The monoisotopic (exact) mass is 303 g/mol. The molecule has 0 aliphatic heterocycles. The zero-order valence-electron chi connectivity index (χ0n) is 12.0. The Bertz CT molecular complexity index is 500. The Hall–Kier alpha value is -1.49. The largest absolute Gasteiger partial charge is 0.504 e. The van der Waals surface area contributed by atoms with Crippen molar-refractivity contribution in [1.82, 2.24) is 5.32 Å². The molecule has 0 aliphatic carbocycles. The second-order valence-electron chi connectivity index (χ2n) is 5.41. The van der Waals surface area contributed by atoms with Crippen LogP contribution in [0.25, 0.3) is 0 Å². The first-order valence-corrected chi connectivity index (χ1v) is 6.70. The number of halogens is 2. The van der Waals surface area contributed by atoms with Crippen molar-refractivity contribution in [3.8, 4) is 5.75 Å². The van der Waals surface area contributed by atoms with Crippen molar-refractivity contribution in [3.05, 3.63) is 28.5 Å². The Morgan fingerprint density at radius 1 is 1.50 bits per heavy atom. The number of hydrogen-bond donors (Lipinski definition) is 2. The number of benzene rings is 1. The SMILES string of the molecule is CC[C@@H](NC(=O)OC(C)(C)C)c1ccc(Cl)c(O)c1F. The Balaban J connectivity index is 2.92. The molecule has 0 bridgehead atoms. The van der Waals surface area contributed by atoms with Crippen LogP contribution in [0.15, 0.2) is 12.1 Å². The van der Waals surface area contributed by atoms with Gasteiger partial charge in [-0.1, -0.05) is 24.6 Å². The standard InChI is InChI=1S/C14H19ClFNO3/c1-5-10(17-13(19)20-14(2,3)4)8-6-7-9(15)12(18)11(8)16/h6-7,10,18H,5H2,1-4H3,(H,17,19)/t10-/m1/s1. The number of nitrogens with one attached hydrogen (secondary N) is 1. The lowest BCUT2D eigenvalue weighted by atomic mass is 10.0. The van der Waals surface area contributed by atoms with Gasteiger partial charge in [0.15, 0.2) is 11.6 Å². The summed E-state index contributed by atoms with van der Waals surface area (Å²) >= 11 is 5.62. The Morgan fingerprint density at radius 3 is 2.60 bits per heavy atom. The van der Waals surface area contributed by atoms with Gasteiger partial charge >= 0.3 is 6.09 Å². The molecule has 1 atom stereocenters. The summed E-state index contributed by atoms with van der Waals surface area (Å²) in [6.45, 7) is 7.00. The minimum absolute atomic E-state index is 0.0710. The summed E-state index contributed by atoms with van der Waals surface area (Å²) in [5.41, 5.74) is -0.469. The van der Waals surface area contributed by atoms with Gasteiger partial charge in [-0.3, -0.25) is 0 Å². The summed E-state index contributed by atoms with van der Waals surface area (Å²) in [5.74, 6) is -1.45. The van der Waals surface area contributed by atoms with E-state index in [1.54, 1.807) is 27.7 Å². The normalized spacial score (nSPS) is 12.9. The smallest absolute Gasteiger partial charge is 0.408 e. The van der Waals surface area contributed by atoms with Crippen LogP contribution in [0.2, 0.25) is 5.02 Å².